The van der Waals surface area contributed by atoms with Gasteiger partial charge in [-0.25, -0.2) is 4.79 Å². The van der Waals surface area contributed by atoms with Gasteiger partial charge in [-0.05, 0) is 61.5 Å². The zero-order valence-electron chi connectivity index (χ0n) is 15.6. The number of aryl methyl sites for hydroxylation is 1. The van der Waals surface area contributed by atoms with Crippen LogP contribution >= 0.6 is 12.2 Å². The zero-order chi connectivity index (χ0) is 19.2. The average Bonchev–Trinajstić information content (AvgIpc) is 2.67. The number of esters is 1. The summed E-state index contributed by atoms with van der Waals surface area (Å²) in [4.78, 5) is 13.9. The molecule has 1 N–H and O–H groups in total. The smallest absolute Gasteiger partial charge is 0.337 e. The Labute approximate surface area is 164 Å². The first-order chi connectivity index (χ1) is 12.9. The molecule has 0 aromatic heterocycles. The van der Waals surface area contributed by atoms with Gasteiger partial charge in [0.25, 0.3) is 0 Å². The SMILES string of the molecule is CCc1ccc(N2C(=S)N[C@H]3C[C@@]2(C)Oc2ccc(C(=O)OC)cc23)cc1. The number of hydrogen-bond donors (Lipinski definition) is 1. The van der Waals surface area contributed by atoms with Crippen molar-refractivity contribution in [3.05, 3.63) is 59.2 Å². The van der Waals surface area contributed by atoms with Crippen LogP contribution in [0.25, 0.3) is 0 Å². The van der Waals surface area contributed by atoms with Crippen molar-refractivity contribution in [2.45, 2.75) is 38.5 Å². The highest BCUT2D eigenvalue weighted by Gasteiger charge is 2.48. The summed E-state index contributed by atoms with van der Waals surface area (Å²) in [6.07, 6.45) is 1.70. The summed E-state index contributed by atoms with van der Waals surface area (Å²) in [5, 5.41) is 4.03. The third-order valence-electron chi connectivity index (χ3n) is 5.30. The third-order valence-corrected chi connectivity index (χ3v) is 5.60. The first kappa shape index (κ1) is 17.8. The molecular formula is C21H22N2O3S. The molecule has 2 aliphatic rings. The molecule has 1 saturated heterocycles. The molecule has 140 valence electrons. The van der Waals surface area contributed by atoms with Gasteiger partial charge in [-0.3, -0.25) is 4.90 Å². The molecule has 2 aromatic rings. The van der Waals surface area contributed by atoms with Crippen LogP contribution in [-0.2, 0) is 11.2 Å². The molecule has 0 spiro atoms. The fourth-order valence-electron chi connectivity index (χ4n) is 3.89. The van der Waals surface area contributed by atoms with Crippen LogP contribution in [0.5, 0.6) is 5.75 Å². The normalized spacial score (nSPS) is 23.1. The van der Waals surface area contributed by atoms with Gasteiger partial charge in [0, 0.05) is 17.7 Å². The van der Waals surface area contributed by atoms with Crippen LogP contribution in [0.3, 0.4) is 0 Å². The first-order valence-electron chi connectivity index (χ1n) is 9.06. The van der Waals surface area contributed by atoms with Crippen molar-refractivity contribution in [3.63, 3.8) is 0 Å². The van der Waals surface area contributed by atoms with E-state index >= 15 is 0 Å². The van der Waals surface area contributed by atoms with Gasteiger partial charge in [-0.1, -0.05) is 19.1 Å². The Kier molecular flexibility index (Phi) is 4.30. The molecule has 6 heteroatoms. The molecular weight excluding hydrogens is 360 g/mol. The van der Waals surface area contributed by atoms with Crippen LogP contribution in [-0.4, -0.2) is 23.9 Å². The minimum absolute atomic E-state index is 0.0120. The van der Waals surface area contributed by atoms with Crippen molar-refractivity contribution in [1.29, 1.82) is 0 Å². The third kappa shape index (κ3) is 2.94. The van der Waals surface area contributed by atoms with Gasteiger partial charge in [0.1, 0.15) is 5.75 Å². The Bertz CT molecular complexity index is 912. The van der Waals surface area contributed by atoms with E-state index in [-0.39, 0.29) is 12.0 Å². The number of fused-ring (bicyclic) bond motifs is 4. The number of ether oxygens (including phenoxy) is 2. The number of benzene rings is 2. The van der Waals surface area contributed by atoms with E-state index in [1.807, 2.05) is 17.0 Å². The minimum atomic E-state index is -0.597. The van der Waals surface area contributed by atoms with E-state index in [0.29, 0.717) is 17.1 Å². The van der Waals surface area contributed by atoms with Gasteiger partial charge < -0.3 is 14.8 Å². The summed E-state index contributed by atoms with van der Waals surface area (Å²) in [7, 11) is 1.38. The maximum atomic E-state index is 11.9. The molecule has 2 aliphatic heterocycles. The highest BCUT2D eigenvalue weighted by molar-refractivity contribution is 7.80. The lowest BCUT2D eigenvalue weighted by Crippen LogP contribution is -2.65. The Hall–Kier alpha value is -2.60. The topological polar surface area (TPSA) is 50.8 Å². The summed E-state index contributed by atoms with van der Waals surface area (Å²) in [5.41, 5.74) is 3.12. The predicted molar refractivity (Wildman–Crippen MR) is 108 cm³/mol. The Morgan fingerprint density at radius 3 is 2.74 bits per heavy atom. The summed E-state index contributed by atoms with van der Waals surface area (Å²) in [6, 6.07) is 13.8. The van der Waals surface area contributed by atoms with Gasteiger partial charge >= 0.3 is 5.97 Å². The van der Waals surface area contributed by atoms with Crippen molar-refractivity contribution >= 4 is 29.0 Å². The molecule has 2 heterocycles. The van der Waals surface area contributed by atoms with Crippen molar-refractivity contribution < 1.29 is 14.3 Å². The predicted octanol–water partition coefficient (Wildman–Crippen LogP) is 3.97. The van der Waals surface area contributed by atoms with E-state index in [1.54, 1.807) is 6.07 Å². The fourth-order valence-corrected chi connectivity index (χ4v) is 4.33. The number of rotatable bonds is 3. The van der Waals surface area contributed by atoms with Gasteiger partial charge in [-0.15, -0.1) is 0 Å². The van der Waals surface area contributed by atoms with E-state index in [0.717, 1.165) is 23.4 Å². The Morgan fingerprint density at radius 1 is 1.33 bits per heavy atom. The second-order valence-corrected chi connectivity index (χ2v) is 7.47. The van der Waals surface area contributed by atoms with Crippen molar-refractivity contribution in [2.24, 2.45) is 0 Å². The maximum Gasteiger partial charge on any atom is 0.337 e. The van der Waals surface area contributed by atoms with E-state index in [4.69, 9.17) is 21.7 Å². The second-order valence-electron chi connectivity index (χ2n) is 7.08. The number of carbonyl (C=O) groups excluding carboxylic acids is 1. The number of nitrogens with zero attached hydrogens (tertiary/aromatic N) is 1. The standard InChI is InChI=1S/C21H22N2O3S/c1-4-13-5-8-15(9-6-13)23-20(27)22-17-12-21(23,2)26-18-10-7-14(11-16(17)18)19(24)25-3/h5-11,17H,4,12H2,1-3H3,(H,22,27)/t17-,21+/m0/s1. The van der Waals surface area contributed by atoms with Crippen molar-refractivity contribution in [2.75, 3.05) is 12.0 Å². The number of nitrogens with one attached hydrogen (secondary N) is 1. The van der Waals surface area contributed by atoms with E-state index in [9.17, 15) is 4.79 Å². The van der Waals surface area contributed by atoms with Gasteiger partial charge in [0.15, 0.2) is 10.8 Å². The molecule has 1 fully saturated rings. The van der Waals surface area contributed by atoms with Crippen LogP contribution < -0.4 is 15.0 Å². The number of thiocarbonyl (C=S) groups is 1. The summed E-state index contributed by atoms with van der Waals surface area (Å²) >= 11 is 5.68. The first-order valence-corrected chi connectivity index (χ1v) is 9.47. The number of anilines is 1. The quantitative estimate of drug-likeness (QED) is 0.640. The molecule has 27 heavy (non-hydrogen) atoms. The highest BCUT2D eigenvalue weighted by Crippen LogP contribution is 2.45. The maximum absolute atomic E-state index is 11.9. The fraction of sp³-hybridized carbons (Fsp3) is 0.333. The van der Waals surface area contributed by atoms with Crippen molar-refractivity contribution in [1.82, 2.24) is 5.32 Å². The monoisotopic (exact) mass is 382 g/mol. The minimum Gasteiger partial charge on any atom is -0.467 e. The second kappa shape index (κ2) is 6.53. The largest absolute Gasteiger partial charge is 0.467 e. The van der Waals surface area contributed by atoms with Crippen LogP contribution in [0, 0.1) is 0 Å². The highest BCUT2D eigenvalue weighted by atomic mass is 32.1. The van der Waals surface area contributed by atoms with Crippen LogP contribution in [0.1, 0.15) is 47.8 Å². The molecule has 4 rings (SSSR count). The molecule has 2 bridgehead atoms. The molecule has 0 radical (unpaired) electrons. The van der Waals surface area contributed by atoms with E-state index in [2.05, 4.69) is 43.4 Å². The number of carbonyl (C=O) groups is 1. The molecule has 0 unspecified atom stereocenters. The van der Waals surface area contributed by atoms with E-state index < -0.39 is 5.72 Å². The Morgan fingerprint density at radius 2 is 2.07 bits per heavy atom. The molecule has 2 atom stereocenters. The van der Waals surface area contributed by atoms with Crippen LogP contribution in [0.2, 0.25) is 0 Å². The lowest BCUT2D eigenvalue weighted by atomic mass is 9.89. The molecule has 0 aliphatic carbocycles. The lowest BCUT2D eigenvalue weighted by Gasteiger charge is -2.52. The summed E-state index contributed by atoms with van der Waals surface area (Å²) in [6.45, 7) is 4.19. The summed E-state index contributed by atoms with van der Waals surface area (Å²) < 4.78 is 11.2. The zero-order valence-corrected chi connectivity index (χ0v) is 16.4. The number of methoxy groups -OCH3 is 1. The van der Waals surface area contributed by atoms with Crippen LogP contribution in [0.15, 0.2) is 42.5 Å². The molecule has 0 saturated carbocycles. The van der Waals surface area contributed by atoms with Gasteiger partial charge in [-0.2, -0.15) is 0 Å². The van der Waals surface area contributed by atoms with Crippen LogP contribution in [0.4, 0.5) is 5.69 Å². The van der Waals surface area contributed by atoms with E-state index in [1.165, 1.54) is 12.7 Å². The molecule has 5 nitrogen and oxygen atoms in total. The number of hydrogen-bond acceptors (Lipinski definition) is 4. The summed E-state index contributed by atoms with van der Waals surface area (Å²) in [5.74, 6) is 0.397. The average molecular weight is 382 g/mol. The lowest BCUT2D eigenvalue weighted by molar-refractivity contribution is 0.0494. The molecule has 2 aromatic carbocycles. The van der Waals surface area contributed by atoms with Gasteiger partial charge in [0.05, 0.1) is 18.7 Å². The Balaban J connectivity index is 1.72. The van der Waals surface area contributed by atoms with Crippen molar-refractivity contribution in [3.8, 4) is 5.75 Å². The van der Waals surface area contributed by atoms with Gasteiger partial charge in [0.2, 0.25) is 0 Å². The molecule has 0 amide bonds.